The Hall–Kier alpha value is -3.72. The summed E-state index contributed by atoms with van der Waals surface area (Å²) in [6.45, 7) is 3.52. The number of nitriles is 1. The van der Waals surface area contributed by atoms with E-state index >= 15 is 0 Å². The van der Waals surface area contributed by atoms with Gasteiger partial charge in [0.05, 0.1) is 23.8 Å². The summed E-state index contributed by atoms with van der Waals surface area (Å²) in [5, 5.41) is 10.8. The second-order valence-electron chi connectivity index (χ2n) is 6.64. The van der Waals surface area contributed by atoms with Crippen LogP contribution in [0.1, 0.15) is 28.6 Å². The quantitative estimate of drug-likeness (QED) is 0.735. The molecule has 6 nitrogen and oxygen atoms in total. The second-order valence-corrected chi connectivity index (χ2v) is 6.64. The molecular weight excluding hydrogens is 356 g/mol. The van der Waals surface area contributed by atoms with Crippen LogP contribution in [-0.2, 0) is 0 Å². The number of ether oxygens (including phenoxy) is 2. The van der Waals surface area contributed by atoms with Gasteiger partial charge in [0.25, 0.3) is 0 Å². The van der Waals surface area contributed by atoms with Gasteiger partial charge >= 0.3 is 0 Å². The fraction of sp³-hybridized carbons (Fsp3) is 0.182. The normalized spacial score (nSPS) is 15.7. The van der Waals surface area contributed by atoms with E-state index in [2.05, 4.69) is 6.07 Å². The summed E-state index contributed by atoms with van der Waals surface area (Å²) in [7, 11) is 1.59. The Morgan fingerprint density at radius 2 is 1.75 bits per heavy atom. The van der Waals surface area contributed by atoms with Crippen molar-refractivity contribution in [2.45, 2.75) is 19.8 Å². The van der Waals surface area contributed by atoms with E-state index in [0.29, 0.717) is 44.9 Å². The van der Waals surface area contributed by atoms with E-state index in [4.69, 9.17) is 19.6 Å². The maximum absolute atomic E-state index is 12.7. The fourth-order valence-electron chi connectivity index (χ4n) is 3.78. The molecule has 6 heteroatoms. The van der Waals surface area contributed by atoms with Crippen LogP contribution in [0, 0.1) is 25.2 Å². The predicted octanol–water partition coefficient (Wildman–Crippen LogP) is 3.64. The van der Waals surface area contributed by atoms with Gasteiger partial charge in [0.2, 0.25) is 5.88 Å². The van der Waals surface area contributed by atoms with E-state index in [9.17, 15) is 10.1 Å². The Labute approximate surface area is 161 Å². The number of hydrogen-bond acceptors (Lipinski definition) is 6. The number of nitrogens with zero attached hydrogens (tertiary/aromatic N) is 1. The zero-order valence-electron chi connectivity index (χ0n) is 15.7. The summed E-state index contributed by atoms with van der Waals surface area (Å²) >= 11 is 0. The minimum Gasteiger partial charge on any atom is -0.497 e. The van der Waals surface area contributed by atoms with Gasteiger partial charge in [0.1, 0.15) is 34.7 Å². The molecule has 0 fully saturated rings. The molecule has 140 valence electrons. The zero-order valence-corrected chi connectivity index (χ0v) is 15.7. The number of aryl methyl sites for hydroxylation is 2. The summed E-state index contributed by atoms with van der Waals surface area (Å²) in [4.78, 5) is 12.7. The van der Waals surface area contributed by atoms with Crippen LogP contribution >= 0.6 is 0 Å². The van der Waals surface area contributed by atoms with Crippen molar-refractivity contribution in [2.75, 3.05) is 7.11 Å². The van der Waals surface area contributed by atoms with E-state index in [1.807, 2.05) is 24.3 Å². The van der Waals surface area contributed by atoms with Gasteiger partial charge in [-0.05, 0) is 37.6 Å². The number of benzene rings is 1. The summed E-state index contributed by atoms with van der Waals surface area (Å²) in [5.74, 6) is 1.80. The highest BCUT2D eigenvalue weighted by Gasteiger charge is 2.33. The van der Waals surface area contributed by atoms with Crippen LogP contribution in [0.15, 0.2) is 57.1 Å². The number of nitrogens with two attached hydrogens (primary N) is 1. The Balaban J connectivity index is 2.08. The van der Waals surface area contributed by atoms with Gasteiger partial charge in [-0.25, -0.2) is 0 Å². The van der Waals surface area contributed by atoms with E-state index < -0.39 is 5.92 Å². The van der Waals surface area contributed by atoms with Gasteiger partial charge in [0, 0.05) is 5.56 Å². The van der Waals surface area contributed by atoms with Crippen molar-refractivity contribution in [3.8, 4) is 17.6 Å². The molecule has 2 aromatic carbocycles. The third kappa shape index (κ3) is 2.52. The van der Waals surface area contributed by atoms with Gasteiger partial charge < -0.3 is 19.6 Å². The van der Waals surface area contributed by atoms with Crippen molar-refractivity contribution in [2.24, 2.45) is 5.73 Å². The molecule has 0 amide bonds. The van der Waals surface area contributed by atoms with Crippen LogP contribution in [0.3, 0.4) is 0 Å². The van der Waals surface area contributed by atoms with Crippen LogP contribution in [-0.4, -0.2) is 7.11 Å². The number of rotatable bonds is 2. The summed E-state index contributed by atoms with van der Waals surface area (Å²) < 4.78 is 16.8. The first kappa shape index (κ1) is 17.7. The van der Waals surface area contributed by atoms with E-state index in [-0.39, 0.29) is 11.3 Å². The molecule has 1 atom stereocenters. The minimum atomic E-state index is -0.468. The average Bonchev–Trinajstić information content (AvgIpc) is 2.90. The van der Waals surface area contributed by atoms with E-state index in [1.54, 1.807) is 27.0 Å². The van der Waals surface area contributed by atoms with E-state index in [1.165, 1.54) is 6.07 Å². The van der Waals surface area contributed by atoms with Gasteiger partial charge in [-0.15, -0.1) is 0 Å². The summed E-state index contributed by atoms with van der Waals surface area (Å²) in [6.07, 6.45) is 0. The first-order valence-electron chi connectivity index (χ1n) is 8.74. The van der Waals surface area contributed by atoms with Crippen LogP contribution in [0.5, 0.6) is 11.5 Å². The standard InChI is InChI=1S/C22H18N2O4/c1-11-18-17(25)9-8-15-20(13-4-6-14(26-3)7-5-13)16(10-23)22(24)28-21(15)19(18)12(2)27-11/h4-9,20H,24H2,1-3H3/t20-/m1/s1. The van der Waals surface area contributed by atoms with Crippen LogP contribution in [0.25, 0.3) is 10.8 Å². The molecule has 2 N–H and O–H groups in total. The molecule has 0 saturated carbocycles. The van der Waals surface area contributed by atoms with Crippen molar-refractivity contribution < 1.29 is 13.9 Å². The second kappa shape index (κ2) is 6.46. The Kier molecular flexibility index (Phi) is 4.08. The number of furan rings is 1. The van der Waals surface area contributed by atoms with Gasteiger partial charge in [-0.1, -0.05) is 18.2 Å². The summed E-state index contributed by atoms with van der Waals surface area (Å²) in [6, 6.07) is 12.7. The molecule has 3 aromatic rings. The van der Waals surface area contributed by atoms with Crippen LogP contribution in [0.4, 0.5) is 0 Å². The molecular formula is C22H18N2O4. The molecule has 4 rings (SSSR count). The SMILES string of the molecule is COc1ccc([C@H]2C(C#N)=C(N)Oc3c2ccc(=O)c2c(C)oc(C)c32)cc1. The number of allylic oxidation sites excluding steroid dienone is 1. The maximum Gasteiger partial charge on any atom is 0.205 e. The molecule has 0 bridgehead atoms. The van der Waals surface area contributed by atoms with Crippen molar-refractivity contribution >= 4 is 10.8 Å². The molecule has 0 unspecified atom stereocenters. The number of methoxy groups -OCH3 is 1. The Bertz CT molecular complexity index is 1230. The highest BCUT2D eigenvalue weighted by Crippen LogP contribution is 2.45. The number of hydrogen-bond donors (Lipinski definition) is 1. The third-order valence-corrected chi connectivity index (χ3v) is 5.06. The van der Waals surface area contributed by atoms with Gasteiger partial charge in [-0.2, -0.15) is 5.26 Å². The fourth-order valence-corrected chi connectivity index (χ4v) is 3.78. The first-order valence-corrected chi connectivity index (χ1v) is 8.74. The molecule has 2 heterocycles. The lowest BCUT2D eigenvalue weighted by Gasteiger charge is -2.26. The van der Waals surface area contributed by atoms with Gasteiger partial charge in [-0.3, -0.25) is 4.79 Å². The molecule has 28 heavy (non-hydrogen) atoms. The third-order valence-electron chi connectivity index (χ3n) is 5.06. The molecule has 0 aliphatic carbocycles. The van der Waals surface area contributed by atoms with Crippen molar-refractivity contribution in [3.63, 3.8) is 0 Å². The topological polar surface area (TPSA) is 98.5 Å². The van der Waals surface area contributed by atoms with Crippen molar-refractivity contribution in [3.05, 3.63) is 80.7 Å². The molecule has 0 radical (unpaired) electrons. The maximum atomic E-state index is 12.7. The highest BCUT2D eigenvalue weighted by molar-refractivity contribution is 5.93. The molecule has 0 spiro atoms. The zero-order chi connectivity index (χ0) is 20.0. The van der Waals surface area contributed by atoms with Crippen molar-refractivity contribution in [1.29, 1.82) is 5.26 Å². The van der Waals surface area contributed by atoms with Gasteiger partial charge in [0.15, 0.2) is 5.43 Å². The highest BCUT2D eigenvalue weighted by atomic mass is 16.5. The Morgan fingerprint density at radius 1 is 1.07 bits per heavy atom. The number of fused-ring (bicyclic) bond motifs is 3. The smallest absolute Gasteiger partial charge is 0.205 e. The predicted molar refractivity (Wildman–Crippen MR) is 104 cm³/mol. The van der Waals surface area contributed by atoms with Crippen LogP contribution in [0.2, 0.25) is 0 Å². The molecule has 1 aliphatic heterocycles. The first-order chi connectivity index (χ1) is 13.5. The van der Waals surface area contributed by atoms with Crippen molar-refractivity contribution in [1.82, 2.24) is 0 Å². The minimum absolute atomic E-state index is 0.0222. The molecule has 0 saturated heterocycles. The Morgan fingerprint density at radius 3 is 2.39 bits per heavy atom. The lowest BCUT2D eigenvalue weighted by atomic mass is 9.84. The van der Waals surface area contributed by atoms with Crippen LogP contribution < -0.4 is 20.6 Å². The largest absolute Gasteiger partial charge is 0.497 e. The average molecular weight is 374 g/mol. The molecule has 1 aliphatic rings. The lowest BCUT2D eigenvalue weighted by molar-refractivity contribution is 0.397. The lowest BCUT2D eigenvalue weighted by Crippen LogP contribution is -2.20. The monoisotopic (exact) mass is 374 g/mol. The van der Waals surface area contributed by atoms with E-state index in [0.717, 1.165) is 5.56 Å². The summed E-state index contributed by atoms with van der Waals surface area (Å²) in [5.41, 5.74) is 7.77. The molecule has 1 aromatic heterocycles.